The molecule has 1 aliphatic rings. The molecule has 326 valence electrons. The number of phosphoric ester groups is 1. The summed E-state index contributed by atoms with van der Waals surface area (Å²) in [5.74, 6) is -0.497. The lowest BCUT2D eigenvalue weighted by atomic mass is 9.85. The van der Waals surface area contributed by atoms with Gasteiger partial charge < -0.3 is 39.9 Å². The minimum Gasteiger partial charge on any atom is -0.498 e. The van der Waals surface area contributed by atoms with E-state index in [1.54, 1.807) is 0 Å². The molecule has 12 nitrogen and oxygen atoms in total. The molecule has 13 heteroatoms. The van der Waals surface area contributed by atoms with Crippen molar-refractivity contribution in [3.8, 4) is 0 Å². The molecule has 1 aliphatic carbocycles. The number of phosphoric acid groups is 1. The van der Waals surface area contributed by atoms with E-state index >= 15 is 0 Å². The third-order valence-corrected chi connectivity index (χ3v) is 11.5. The number of rotatable bonds is 37. The summed E-state index contributed by atoms with van der Waals surface area (Å²) < 4.78 is 33.9. The van der Waals surface area contributed by atoms with Gasteiger partial charge in [-0.1, -0.05) is 168 Å². The van der Waals surface area contributed by atoms with E-state index < -0.39 is 63.1 Å². The second kappa shape index (κ2) is 33.8. The molecule has 0 bridgehead atoms. The fraction of sp³-hybridized carbons (Fsp3) is 0.929. The Morgan fingerprint density at radius 1 is 0.564 bits per heavy atom. The Morgan fingerprint density at radius 2 is 0.945 bits per heavy atom. The van der Waals surface area contributed by atoms with Crippen LogP contribution in [0.25, 0.3) is 0 Å². The van der Waals surface area contributed by atoms with Crippen LogP contribution in [0.1, 0.15) is 194 Å². The Kier molecular flexibility index (Phi) is 32.0. The first-order chi connectivity index (χ1) is 26.5. The van der Waals surface area contributed by atoms with E-state index in [1.165, 1.54) is 135 Å². The number of allylic oxidation sites excluding steroid dienone is 1. The maximum atomic E-state index is 12.8. The number of aliphatic hydroxyl groups excluding tert-OH is 5. The van der Waals surface area contributed by atoms with Crippen LogP contribution >= 0.6 is 7.82 Å². The lowest BCUT2D eigenvalue weighted by Crippen LogP contribution is -2.64. The Labute approximate surface area is 333 Å². The summed E-state index contributed by atoms with van der Waals surface area (Å²) in [7, 11) is -5.02. The highest BCUT2D eigenvalue weighted by Gasteiger charge is 2.51. The summed E-state index contributed by atoms with van der Waals surface area (Å²) in [6, 6.07) is 0. The van der Waals surface area contributed by atoms with Crippen molar-refractivity contribution in [2.24, 2.45) is 0 Å². The van der Waals surface area contributed by atoms with Gasteiger partial charge in [0.15, 0.2) is 6.10 Å². The average Bonchev–Trinajstić information content (AvgIpc) is 3.17. The van der Waals surface area contributed by atoms with Crippen LogP contribution in [-0.2, 0) is 27.9 Å². The first kappa shape index (κ1) is 51.9. The zero-order valence-electron chi connectivity index (χ0n) is 34.5. The molecule has 0 spiro atoms. The zero-order chi connectivity index (χ0) is 40.6. The van der Waals surface area contributed by atoms with E-state index in [9.17, 15) is 39.8 Å². The molecule has 6 unspecified atom stereocenters. The predicted octanol–water partition coefficient (Wildman–Crippen LogP) is 8.71. The topological polar surface area (TPSA) is 192 Å². The molecule has 8 atom stereocenters. The van der Waals surface area contributed by atoms with Gasteiger partial charge in [0.2, 0.25) is 0 Å². The summed E-state index contributed by atoms with van der Waals surface area (Å²) >= 11 is 0. The van der Waals surface area contributed by atoms with Crippen LogP contribution in [0.15, 0.2) is 12.3 Å². The van der Waals surface area contributed by atoms with Gasteiger partial charge in [0.1, 0.15) is 43.2 Å². The van der Waals surface area contributed by atoms with Crippen LogP contribution < -0.4 is 0 Å². The van der Waals surface area contributed by atoms with Crippen molar-refractivity contribution in [2.45, 2.75) is 236 Å². The Hall–Kier alpha value is -1.08. The number of hydrogen-bond acceptors (Lipinski definition) is 11. The number of carbonyl (C=O) groups is 1. The predicted molar refractivity (Wildman–Crippen MR) is 216 cm³/mol. The maximum absolute atomic E-state index is 12.8. The van der Waals surface area contributed by atoms with Gasteiger partial charge in [-0.15, -0.1) is 0 Å². The number of esters is 1. The molecule has 0 aliphatic heterocycles. The van der Waals surface area contributed by atoms with Gasteiger partial charge in [0, 0.05) is 6.42 Å². The molecule has 0 aromatic carbocycles. The molecule has 0 radical (unpaired) electrons. The quantitative estimate of drug-likeness (QED) is 0.0152. The minimum absolute atomic E-state index is 0.155. The van der Waals surface area contributed by atoms with E-state index in [0.29, 0.717) is 6.42 Å². The lowest BCUT2D eigenvalue weighted by molar-refractivity contribution is -0.220. The van der Waals surface area contributed by atoms with E-state index in [-0.39, 0.29) is 13.0 Å². The van der Waals surface area contributed by atoms with Gasteiger partial charge in [-0.05, 0) is 25.3 Å². The minimum atomic E-state index is -5.02. The Morgan fingerprint density at radius 3 is 1.38 bits per heavy atom. The Bertz CT molecular complexity index is 968. The number of ether oxygens (including phenoxy) is 2. The standard InChI is InChI=1S/C42H81O12P/c1-3-5-7-9-11-13-15-17-19-21-23-25-27-29-31-36(43)53-35(33-51-32-30-28-26-24-22-20-18-16-14-12-10-8-6-4-2)34-52-55(49,50)54-42-40(47)38(45)37(44)39(46)41(42)48/h30,32,35,37-42,44-48H,3-29,31,33-34H2,1-2H3,(H,49,50)/b32-30-/t35-,37?,38-,39?,40?,41?,42?/m1/s1. The Balaban J connectivity index is 2.44. The van der Waals surface area contributed by atoms with Crippen molar-refractivity contribution in [3.05, 3.63) is 12.3 Å². The number of unbranched alkanes of at least 4 members (excludes halogenated alkanes) is 25. The van der Waals surface area contributed by atoms with E-state index in [0.717, 1.165) is 38.5 Å². The number of hydrogen-bond donors (Lipinski definition) is 6. The second-order valence-electron chi connectivity index (χ2n) is 15.6. The van der Waals surface area contributed by atoms with Crippen LogP contribution in [0.4, 0.5) is 0 Å². The van der Waals surface area contributed by atoms with Crippen molar-refractivity contribution >= 4 is 13.8 Å². The van der Waals surface area contributed by atoms with E-state index in [2.05, 4.69) is 13.8 Å². The van der Waals surface area contributed by atoms with Gasteiger partial charge in [-0.2, -0.15) is 0 Å². The summed E-state index contributed by atoms with van der Waals surface area (Å²) in [6.45, 7) is 3.73. The lowest BCUT2D eigenvalue weighted by Gasteiger charge is -2.41. The summed E-state index contributed by atoms with van der Waals surface area (Å²) in [4.78, 5) is 23.1. The number of carbonyl (C=O) groups excluding carboxylic acids is 1. The first-order valence-corrected chi connectivity index (χ1v) is 23.6. The zero-order valence-corrected chi connectivity index (χ0v) is 35.4. The molecule has 55 heavy (non-hydrogen) atoms. The highest BCUT2D eigenvalue weighted by molar-refractivity contribution is 7.47. The van der Waals surface area contributed by atoms with Crippen molar-refractivity contribution in [2.75, 3.05) is 13.2 Å². The molecule has 1 rings (SSSR count). The van der Waals surface area contributed by atoms with E-state index in [1.807, 2.05) is 6.08 Å². The van der Waals surface area contributed by atoms with Crippen LogP contribution in [0.5, 0.6) is 0 Å². The summed E-state index contributed by atoms with van der Waals surface area (Å²) in [5.41, 5.74) is 0. The third kappa shape index (κ3) is 26.5. The molecular weight excluding hydrogens is 727 g/mol. The van der Waals surface area contributed by atoms with Crippen molar-refractivity contribution in [3.63, 3.8) is 0 Å². The molecule has 0 aromatic heterocycles. The molecular formula is C42H81O12P. The normalized spacial score (nSPS) is 23.2. The van der Waals surface area contributed by atoms with Crippen molar-refractivity contribution in [1.29, 1.82) is 0 Å². The van der Waals surface area contributed by atoms with Crippen LogP contribution in [-0.4, -0.2) is 92.3 Å². The third-order valence-electron chi connectivity index (χ3n) is 10.5. The van der Waals surface area contributed by atoms with Gasteiger partial charge in [0.05, 0.1) is 12.9 Å². The fourth-order valence-electron chi connectivity index (χ4n) is 6.91. The highest BCUT2D eigenvalue weighted by atomic mass is 31.2. The highest BCUT2D eigenvalue weighted by Crippen LogP contribution is 2.47. The van der Waals surface area contributed by atoms with Crippen LogP contribution in [0, 0.1) is 0 Å². The second-order valence-corrected chi connectivity index (χ2v) is 17.0. The monoisotopic (exact) mass is 809 g/mol. The molecule has 0 aromatic rings. The molecule has 6 N–H and O–H groups in total. The van der Waals surface area contributed by atoms with Gasteiger partial charge in [-0.3, -0.25) is 13.8 Å². The molecule has 1 fully saturated rings. The molecule has 0 heterocycles. The van der Waals surface area contributed by atoms with Crippen molar-refractivity contribution < 1.29 is 58.3 Å². The van der Waals surface area contributed by atoms with Crippen LogP contribution in [0.3, 0.4) is 0 Å². The van der Waals surface area contributed by atoms with Crippen LogP contribution in [0.2, 0.25) is 0 Å². The molecule has 0 saturated heterocycles. The summed E-state index contributed by atoms with van der Waals surface area (Å²) in [6.07, 6.45) is 23.6. The van der Waals surface area contributed by atoms with Gasteiger partial charge in [-0.25, -0.2) is 4.57 Å². The van der Waals surface area contributed by atoms with E-state index in [4.69, 9.17) is 18.5 Å². The molecule has 1 saturated carbocycles. The maximum Gasteiger partial charge on any atom is 0.472 e. The molecule has 0 amide bonds. The SMILES string of the molecule is CCCCCCCCCCCCCC/C=C\OC[C@H](COP(=O)(O)OC1C(O)C(O)C(O)[C@@H](O)C1O)OC(=O)CCCCCCCCCCCCCCCC. The van der Waals surface area contributed by atoms with Gasteiger partial charge >= 0.3 is 13.8 Å². The van der Waals surface area contributed by atoms with Crippen molar-refractivity contribution in [1.82, 2.24) is 0 Å². The fourth-order valence-corrected chi connectivity index (χ4v) is 7.88. The first-order valence-electron chi connectivity index (χ1n) is 22.1. The number of aliphatic hydroxyl groups is 5. The average molecular weight is 809 g/mol. The largest absolute Gasteiger partial charge is 0.498 e. The van der Waals surface area contributed by atoms with Gasteiger partial charge in [0.25, 0.3) is 0 Å². The summed E-state index contributed by atoms with van der Waals surface area (Å²) in [5, 5.41) is 50.1. The smallest absolute Gasteiger partial charge is 0.472 e.